The van der Waals surface area contributed by atoms with Crippen LogP contribution >= 0.6 is 0 Å². The van der Waals surface area contributed by atoms with Gasteiger partial charge in [-0.2, -0.15) is 0 Å². The number of carbonyl (C=O) groups is 4. The Morgan fingerprint density at radius 2 is 1.79 bits per heavy atom. The molecule has 0 saturated carbocycles. The van der Waals surface area contributed by atoms with Gasteiger partial charge in [-0.15, -0.1) is 0 Å². The first-order valence-electron chi connectivity index (χ1n) is 14.9. The maximum Gasteiger partial charge on any atom is 0.336 e. The number of benzene rings is 3. The van der Waals surface area contributed by atoms with Crippen LogP contribution in [0.15, 0.2) is 78.9 Å². The zero-order valence-corrected chi connectivity index (χ0v) is 26.8. The van der Waals surface area contributed by atoms with E-state index >= 15 is 0 Å². The van der Waals surface area contributed by atoms with E-state index in [9.17, 15) is 27.6 Å². The van der Waals surface area contributed by atoms with Crippen molar-refractivity contribution in [3.05, 3.63) is 101 Å². The van der Waals surface area contributed by atoms with E-state index in [1.807, 2.05) is 30.3 Å². The van der Waals surface area contributed by atoms with E-state index in [1.165, 1.54) is 43.3 Å². The molecule has 12 nitrogen and oxygen atoms in total. The summed E-state index contributed by atoms with van der Waals surface area (Å²) in [5.74, 6) is -2.57. The number of carbonyl (C=O) groups excluding carboxylic acids is 4. The van der Waals surface area contributed by atoms with Crippen molar-refractivity contribution in [2.75, 3.05) is 23.9 Å². The van der Waals surface area contributed by atoms with Gasteiger partial charge in [0.05, 0.1) is 35.2 Å². The van der Waals surface area contributed by atoms with Crippen molar-refractivity contribution in [3.63, 3.8) is 0 Å². The first-order valence-corrected chi connectivity index (χ1v) is 16.9. The zero-order chi connectivity index (χ0) is 33.7. The predicted octanol–water partition coefficient (Wildman–Crippen LogP) is 4.22. The maximum absolute atomic E-state index is 13.7. The van der Waals surface area contributed by atoms with Gasteiger partial charge in [-0.1, -0.05) is 48.5 Å². The molecule has 0 spiro atoms. The minimum Gasteiger partial charge on any atom is -0.490 e. The molecule has 5 rings (SSSR count). The summed E-state index contributed by atoms with van der Waals surface area (Å²) in [6.45, 7) is 3.32. The molecule has 3 aromatic rings. The van der Waals surface area contributed by atoms with Crippen LogP contribution in [-0.2, 0) is 35.5 Å². The molecule has 0 aliphatic carbocycles. The molecule has 0 radical (unpaired) electrons. The summed E-state index contributed by atoms with van der Waals surface area (Å²) in [5.41, 5.74) is 1.31. The SMILES string of the molecule is CCOc1cc([C@@H](CS(C)(=O)=O)N2C(=O)c3cccc(NC(C)=O)c3C2=O)ccc1O[C@H]1C=CC[C@@H](C(=O)OCc2ccccc2)O1. The van der Waals surface area contributed by atoms with Gasteiger partial charge in [0, 0.05) is 19.6 Å². The zero-order valence-electron chi connectivity index (χ0n) is 26.0. The molecule has 3 aromatic carbocycles. The van der Waals surface area contributed by atoms with Crippen LogP contribution in [0, 0.1) is 0 Å². The fraction of sp³-hybridized carbons (Fsp3) is 0.294. The van der Waals surface area contributed by atoms with Gasteiger partial charge >= 0.3 is 5.97 Å². The van der Waals surface area contributed by atoms with E-state index in [0.29, 0.717) is 12.0 Å². The average Bonchev–Trinajstić information content (AvgIpc) is 3.29. The van der Waals surface area contributed by atoms with Crippen molar-refractivity contribution in [2.45, 2.75) is 45.3 Å². The molecule has 3 atom stereocenters. The maximum atomic E-state index is 13.7. The van der Waals surface area contributed by atoms with E-state index in [4.69, 9.17) is 18.9 Å². The first-order chi connectivity index (χ1) is 22.4. The molecule has 0 unspecified atom stereocenters. The topological polar surface area (TPSA) is 155 Å². The van der Waals surface area contributed by atoms with Crippen LogP contribution < -0.4 is 14.8 Å². The summed E-state index contributed by atoms with van der Waals surface area (Å²) in [6.07, 6.45) is 2.81. The molecule has 2 aliphatic heterocycles. The van der Waals surface area contributed by atoms with Crippen molar-refractivity contribution in [1.29, 1.82) is 0 Å². The van der Waals surface area contributed by atoms with Crippen LogP contribution in [0.4, 0.5) is 5.69 Å². The molecule has 3 amide bonds. The van der Waals surface area contributed by atoms with Gasteiger partial charge in [0.1, 0.15) is 16.4 Å². The Morgan fingerprint density at radius 3 is 2.49 bits per heavy atom. The number of hydrogen-bond donors (Lipinski definition) is 1. The highest BCUT2D eigenvalue weighted by atomic mass is 32.2. The lowest BCUT2D eigenvalue weighted by molar-refractivity contribution is -0.171. The second-order valence-corrected chi connectivity index (χ2v) is 13.2. The molecular weight excluding hydrogens is 628 g/mol. The number of anilines is 1. The van der Waals surface area contributed by atoms with Crippen LogP contribution in [0.3, 0.4) is 0 Å². The second-order valence-electron chi connectivity index (χ2n) is 11.0. The molecule has 2 aliphatic rings. The minimum absolute atomic E-state index is 0.0192. The molecular formula is C34H34N2O10S. The van der Waals surface area contributed by atoms with E-state index in [2.05, 4.69) is 5.32 Å². The average molecular weight is 663 g/mol. The number of esters is 1. The highest BCUT2D eigenvalue weighted by Gasteiger charge is 2.43. The predicted molar refractivity (Wildman–Crippen MR) is 171 cm³/mol. The molecule has 0 aromatic heterocycles. The number of fused-ring (bicyclic) bond motifs is 1. The lowest BCUT2D eigenvalue weighted by Gasteiger charge is -2.28. The van der Waals surface area contributed by atoms with Crippen LogP contribution in [0.2, 0.25) is 0 Å². The molecule has 0 fully saturated rings. The van der Waals surface area contributed by atoms with Crippen LogP contribution in [0.5, 0.6) is 11.5 Å². The molecule has 0 bridgehead atoms. The number of nitrogens with zero attached hydrogens (tertiary/aromatic N) is 1. The fourth-order valence-electron chi connectivity index (χ4n) is 5.33. The van der Waals surface area contributed by atoms with Crippen molar-refractivity contribution >= 4 is 39.2 Å². The second kappa shape index (κ2) is 14.2. The summed E-state index contributed by atoms with van der Waals surface area (Å²) in [5, 5.41) is 2.56. The van der Waals surface area contributed by atoms with Gasteiger partial charge in [-0.25, -0.2) is 13.2 Å². The molecule has 0 saturated heterocycles. The highest BCUT2D eigenvalue weighted by molar-refractivity contribution is 7.90. The Hall–Kier alpha value is -5.01. The largest absolute Gasteiger partial charge is 0.490 e. The Morgan fingerprint density at radius 1 is 1.02 bits per heavy atom. The Balaban J connectivity index is 1.38. The molecule has 1 N–H and O–H groups in total. The smallest absolute Gasteiger partial charge is 0.336 e. The number of rotatable bonds is 12. The van der Waals surface area contributed by atoms with Gasteiger partial charge in [-0.3, -0.25) is 19.3 Å². The molecule has 2 heterocycles. The summed E-state index contributed by atoms with van der Waals surface area (Å²) in [6, 6.07) is 17.0. The summed E-state index contributed by atoms with van der Waals surface area (Å²) in [4.78, 5) is 52.7. The van der Waals surface area contributed by atoms with Gasteiger partial charge in [0.2, 0.25) is 12.2 Å². The number of nitrogens with one attached hydrogen (secondary N) is 1. The van der Waals surface area contributed by atoms with Crippen LogP contribution in [0.1, 0.15) is 58.2 Å². The van der Waals surface area contributed by atoms with Gasteiger partial charge < -0.3 is 24.3 Å². The third-order valence-electron chi connectivity index (χ3n) is 7.35. The van der Waals surface area contributed by atoms with E-state index in [-0.39, 0.29) is 41.5 Å². The molecule has 13 heteroatoms. The molecule has 47 heavy (non-hydrogen) atoms. The standard InChI is InChI=1S/C34H34N2O10S/c1-4-43-29-18-23(16-17-27(29)45-30-15-9-14-28(46-30)34(40)44-19-22-10-6-5-7-11-22)26(20-47(3,41)42)36-32(38)24-12-8-13-25(35-21(2)37)31(24)33(36)39/h5-13,15-18,26,28,30H,4,14,19-20H2,1-3H3,(H,35,37)/t26-,28+,30-/m1/s1. The van der Waals surface area contributed by atoms with Gasteiger partial charge in [0.15, 0.2) is 17.6 Å². The highest BCUT2D eigenvalue weighted by Crippen LogP contribution is 2.39. The lowest BCUT2D eigenvalue weighted by atomic mass is 10.1. The normalized spacial score (nSPS) is 18.0. The van der Waals surface area contributed by atoms with Gasteiger partial charge in [-0.05, 0) is 48.4 Å². The molecule has 246 valence electrons. The first kappa shape index (κ1) is 33.4. The van der Waals surface area contributed by atoms with E-state index < -0.39 is 57.7 Å². The monoisotopic (exact) mass is 662 g/mol. The Labute approximate surface area is 272 Å². The quantitative estimate of drug-likeness (QED) is 0.169. The third kappa shape index (κ3) is 7.87. The van der Waals surface area contributed by atoms with Crippen molar-refractivity contribution in [3.8, 4) is 11.5 Å². The number of amides is 3. The van der Waals surface area contributed by atoms with E-state index in [0.717, 1.165) is 16.7 Å². The van der Waals surface area contributed by atoms with Crippen molar-refractivity contribution in [1.82, 2.24) is 4.90 Å². The summed E-state index contributed by atoms with van der Waals surface area (Å²) in [7, 11) is -3.73. The third-order valence-corrected chi connectivity index (χ3v) is 8.27. The van der Waals surface area contributed by atoms with E-state index in [1.54, 1.807) is 19.1 Å². The number of imide groups is 1. The van der Waals surface area contributed by atoms with Crippen molar-refractivity contribution < 1.29 is 46.5 Å². The summed E-state index contributed by atoms with van der Waals surface area (Å²) < 4.78 is 48.3. The minimum atomic E-state index is -3.73. The number of ether oxygens (including phenoxy) is 4. The lowest BCUT2D eigenvalue weighted by Crippen LogP contribution is -2.38. The van der Waals surface area contributed by atoms with Crippen molar-refractivity contribution in [2.24, 2.45) is 0 Å². The summed E-state index contributed by atoms with van der Waals surface area (Å²) >= 11 is 0. The van der Waals surface area contributed by atoms with Crippen LogP contribution in [0.25, 0.3) is 0 Å². The van der Waals surface area contributed by atoms with Gasteiger partial charge in [0.25, 0.3) is 11.8 Å². The Bertz CT molecular complexity index is 1820. The number of sulfone groups is 1. The number of hydrogen-bond acceptors (Lipinski definition) is 10. The Kier molecular flexibility index (Phi) is 10.1. The van der Waals surface area contributed by atoms with Crippen LogP contribution in [-0.4, -0.2) is 68.0 Å². The fourth-order valence-corrected chi connectivity index (χ4v) is 6.24.